The van der Waals surface area contributed by atoms with Crippen LogP contribution in [0.2, 0.25) is 0 Å². The van der Waals surface area contributed by atoms with Crippen molar-refractivity contribution in [1.82, 2.24) is 16.0 Å². The molecule has 0 spiro atoms. The van der Waals surface area contributed by atoms with E-state index in [0.29, 0.717) is 0 Å². The van der Waals surface area contributed by atoms with E-state index in [1.165, 1.54) is 0 Å². The van der Waals surface area contributed by atoms with Gasteiger partial charge in [-0.1, -0.05) is 52.9 Å². The van der Waals surface area contributed by atoms with Gasteiger partial charge in [0.05, 0.1) is 39.4 Å². The Balaban J connectivity index is 5.58. The molecule has 3 amide bonds. The number of halogens is 3. The maximum absolute atomic E-state index is 12.6. The summed E-state index contributed by atoms with van der Waals surface area (Å²) in [5, 5.41) is 12.1. The lowest BCUT2D eigenvalue weighted by Crippen LogP contribution is -2.57. The van der Waals surface area contributed by atoms with E-state index in [1.807, 2.05) is 0 Å². The smallest absolute Gasteiger partial charge is 0.236 e. The molecule has 0 fully saturated rings. The number of rotatable bonds is 17. The van der Waals surface area contributed by atoms with Crippen molar-refractivity contribution in [3.05, 3.63) is 10.4 Å². The molecule has 0 saturated carbocycles. The van der Waals surface area contributed by atoms with Gasteiger partial charge in [-0.2, -0.15) is 0 Å². The summed E-state index contributed by atoms with van der Waals surface area (Å²) in [6, 6.07) is 0. The third-order valence-electron chi connectivity index (χ3n) is 4.67. The van der Waals surface area contributed by atoms with Gasteiger partial charge in [-0.25, -0.2) is 0 Å². The van der Waals surface area contributed by atoms with Crippen LogP contribution in [0.1, 0.15) is 41.5 Å². The quantitative estimate of drug-likeness (QED) is 0.0703. The van der Waals surface area contributed by atoms with Gasteiger partial charge in [0.2, 0.25) is 17.7 Å². The molecule has 11 nitrogen and oxygen atoms in total. The first-order valence-corrected chi connectivity index (χ1v) is 13.4. The van der Waals surface area contributed by atoms with Crippen molar-refractivity contribution in [1.29, 1.82) is 0 Å². The van der Waals surface area contributed by atoms with E-state index in [2.05, 4.69) is 73.8 Å². The standard InChI is InChI=1S/C21H37Br3N6O5/c1-18(2,22)15(31)26-11-21(12-27-16(32)19(3,4)23,13-28-17(33)20(5,6)24)14-35-10-9-34-8-7-29-30-25/h7-14H2,1-6H3,(H,26,31)(H,27,32)(H,28,33). The minimum Gasteiger partial charge on any atom is -0.379 e. The van der Waals surface area contributed by atoms with Gasteiger partial charge in [-0.3, -0.25) is 14.4 Å². The van der Waals surface area contributed by atoms with E-state index in [4.69, 9.17) is 15.0 Å². The Morgan fingerprint density at radius 1 is 0.743 bits per heavy atom. The fraction of sp³-hybridized carbons (Fsp3) is 0.857. The molecule has 0 aromatic carbocycles. The molecule has 3 N–H and O–H groups in total. The third-order valence-corrected chi connectivity index (χ3v) is 5.75. The molecule has 0 aliphatic carbocycles. The van der Waals surface area contributed by atoms with Gasteiger partial charge >= 0.3 is 0 Å². The van der Waals surface area contributed by atoms with E-state index in [-0.39, 0.29) is 70.3 Å². The summed E-state index contributed by atoms with van der Waals surface area (Å²) in [6.07, 6.45) is 0. The Labute approximate surface area is 232 Å². The molecule has 0 atom stereocenters. The van der Waals surface area contributed by atoms with E-state index < -0.39 is 18.4 Å². The molecule has 35 heavy (non-hydrogen) atoms. The Morgan fingerprint density at radius 2 is 1.11 bits per heavy atom. The predicted molar refractivity (Wildman–Crippen MR) is 146 cm³/mol. The van der Waals surface area contributed by atoms with Gasteiger partial charge < -0.3 is 25.4 Å². The van der Waals surface area contributed by atoms with Crippen LogP contribution in [0.5, 0.6) is 0 Å². The average molecular weight is 693 g/mol. The molecule has 0 aliphatic heterocycles. The fourth-order valence-electron chi connectivity index (χ4n) is 2.43. The highest BCUT2D eigenvalue weighted by atomic mass is 79.9. The summed E-state index contributed by atoms with van der Waals surface area (Å²) < 4.78 is 8.79. The number of alkyl halides is 3. The van der Waals surface area contributed by atoms with Crippen molar-refractivity contribution in [2.75, 3.05) is 52.6 Å². The van der Waals surface area contributed by atoms with Gasteiger partial charge in [0, 0.05) is 36.5 Å². The van der Waals surface area contributed by atoms with Crippen molar-refractivity contribution >= 4 is 65.5 Å². The summed E-state index contributed by atoms with van der Waals surface area (Å²) in [6.45, 7) is 11.8. The Morgan fingerprint density at radius 3 is 1.46 bits per heavy atom. The van der Waals surface area contributed by atoms with Crippen LogP contribution in [0.3, 0.4) is 0 Å². The molecule has 0 saturated heterocycles. The molecule has 0 unspecified atom stereocenters. The molecule has 0 heterocycles. The lowest BCUT2D eigenvalue weighted by molar-refractivity contribution is -0.124. The van der Waals surface area contributed by atoms with Crippen LogP contribution in [0.4, 0.5) is 0 Å². The molecule has 0 aromatic rings. The van der Waals surface area contributed by atoms with Crippen LogP contribution >= 0.6 is 47.8 Å². The van der Waals surface area contributed by atoms with E-state index >= 15 is 0 Å². The second-order valence-electron chi connectivity index (χ2n) is 9.58. The summed E-state index contributed by atoms with van der Waals surface area (Å²) in [5.74, 6) is -0.743. The van der Waals surface area contributed by atoms with Crippen LogP contribution in [0.25, 0.3) is 10.4 Å². The van der Waals surface area contributed by atoms with Crippen molar-refractivity contribution in [3.63, 3.8) is 0 Å². The van der Waals surface area contributed by atoms with Crippen LogP contribution in [-0.2, 0) is 23.9 Å². The fourth-order valence-corrected chi connectivity index (χ4v) is 2.85. The highest BCUT2D eigenvalue weighted by Crippen LogP contribution is 2.22. The predicted octanol–water partition coefficient (Wildman–Crippen LogP) is 3.19. The van der Waals surface area contributed by atoms with Crippen molar-refractivity contribution in [2.24, 2.45) is 10.5 Å². The first kappa shape index (κ1) is 34.1. The zero-order valence-electron chi connectivity index (χ0n) is 21.2. The largest absolute Gasteiger partial charge is 0.379 e. The van der Waals surface area contributed by atoms with Crippen LogP contribution in [0.15, 0.2) is 5.11 Å². The number of hydrogen-bond donors (Lipinski definition) is 3. The van der Waals surface area contributed by atoms with Crippen molar-refractivity contribution in [3.8, 4) is 0 Å². The number of ether oxygens (including phenoxy) is 2. The topological polar surface area (TPSA) is 155 Å². The Hall–Kier alpha value is -0.920. The second kappa shape index (κ2) is 15.4. The van der Waals surface area contributed by atoms with Crippen LogP contribution in [0, 0.1) is 5.41 Å². The molecule has 0 radical (unpaired) electrons. The lowest BCUT2D eigenvalue weighted by Gasteiger charge is -2.36. The molecule has 14 heteroatoms. The number of nitrogens with zero attached hydrogens (tertiary/aromatic N) is 3. The summed E-state index contributed by atoms with van der Waals surface area (Å²) in [5.41, 5.74) is 7.44. The van der Waals surface area contributed by atoms with Crippen molar-refractivity contribution in [2.45, 2.75) is 54.5 Å². The second-order valence-corrected chi connectivity index (χ2v) is 15.5. The number of hydrogen-bond acceptors (Lipinski definition) is 6. The number of nitrogens with one attached hydrogen (secondary N) is 3. The maximum Gasteiger partial charge on any atom is 0.236 e. The van der Waals surface area contributed by atoms with Gasteiger partial charge in [-0.05, 0) is 47.1 Å². The SMILES string of the molecule is CC(C)(Br)C(=O)NCC(CNC(=O)C(C)(C)Br)(CNC(=O)C(C)(C)Br)COCCOCCN=[N+]=[N-]. The highest BCUT2D eigenvalue weighted by molar-refractivity contribution is 9.10. The van der Waals surface area contributed by atoms with Crippen LogP contribution in [-0.4, -0.2) is 83.3 Å². The molecular formula is C21H37Br3N6O5. The van der Waals surface area contributed by atoms with Crippen molar-refractivity contribution < 1.29 is 23.9 Å². The first-order valence-electron chi connectivity index (χ1n) is 11.0. The number of amides is 3. The molecule has 0 bridgehead atoms. The highest BCUT2D eigenvalue weighted by Gasteiger charge is 2.37. The molecule has 202 valence electrons. The lowest BCUT2D eigenvalue weighted by atomic mass is 9.87. The number of azide groups is 1. The van der Waals surface area contributed by atoms with E-state index in [0.717, 1.165) is 0 Å². The minimum atomic E-state index is -0.860. The Bertz CT molecular complexity index is 682. The number of carbonyl (C=O) groups excluding carboxylic acids is 3. The molecule has 0 rings (SSSR count). The third kappa shape index (κ3) is 15.0. The molecule has 0 aromatic heterocycles. The maximum atomic E-state index is 12.6. The summed E-state index contributed by atoms with van der Waals surface area (Å²) in [4.78, 5) is 40.4. The zero-order chi connectivity index (χ0) is 27.3. The number of carbonyl (C=O) groups is 3. The average Bonchev–Trinajstić information content (AvgIpc) is 2.73. The monoisotopic (exact) mass is 690 g/mol. The zero-order valence-corrected chi connectivity index (χ0v) is 25.9. The van der Waals surface area contributed by atoms with Gasteiger partial charge in [-0.15, -0.1) is 0 Å². The minimum absolute atomic E-state index is 0.113. The molecular weight excluding hydrogens is 656 g/mol. The van der Waals surface area contributed by atoms with E-state index in [1.54, 1.807) is 41.5 Å². The Kier molecular flexibility index (Phi) is 15.0. The molecule has 0 aliphatic rings. The van der Waals surface area contributed by atoms with Gasteiger partial charge in [0.15, 0.2) is 0 Å². The summed E-state index contributed by atoms with van der Waals surface area (Å²) >= 11 is 10.0. The van der Waals surface area contributed by atoms with Crippen LogP contribution < -0.4 is 16.0 Å². The van der Waals surface area contributed by atoms with Gasteiger partial charge in [0.25, 0.3) is 0 Å². The summed E-state index contributed by atoms with van der Waals surface area (Å²) in [7, 11) is 0. The van der Waals surface area contributed by atoms with E-state index in [9.17, 15) is 14.4 Å². The first-order chi connectivity index (χ1) is 15.9. The normalized spacial score (nSPS) is 12.5. The van der Waals surface area contributed by atoms with Gasteiger partial charge in [0.1, 0.15) is 0 Å².